The van der Waals surface area contributed by atoms with Crippen LogP contribution in [0.5, 0.6) is 0 Å². The summed E-state index contributed by atoms with van der Waals surface area (Å²) in [5, 5.41) is 0. The number of ketones is 3. The largest absolute Gasteiger partial charge is 0.309 e. The van der Waals surface area contributed by atoms with Gasteiger partial charge in [0.2, 0.25) is 0 Å². The van der Waals surface area contributed by atoms with Gasteiger partial charge in [0.15, 0.2) is 17.3 Å². The van der Waals surface area contributed by atoms with Gasteiger partial charge >= 0.3 is 4.87 Å². The molecule has 6 heteroatoms. The fraction of sp³-hybridized carbons (Fsp3) is 0.429. The predicted octanol–water partition coefficient (Wildman–Crippen LogP) is 3.15. The molecule has 0 bridgehead atoms. The molecule has 0 saturated heterocycles. The third kappa shape index (κ3) is 3.40. The molecular formula is C21H21NO4S. The molecular weight excluding hydrogens is 362 g/mol. The van der Waals surface area contributed by atoms with E-state index >= 15 is 0 Å². The average Bonchev–Trinajstić information content (AvgIpc) is 2.87. The number of fused-ring (bicyclic) bond motifs is 1. The van der Waals surface area contributed by atoms with Crippen molar-refractivity contribution in [3.63, 3.8) is 0 Å². The van der Waals surface area contributed by atoms with E-state index in [0.717, 1.165) is 16.0 Å². The molecule has 1 aromatic carbocycles. The smallest absolute Gasteiger partial charge is 0.298 e. The van der Waals surface area contributed by atoms with Gasteiger partial charge in [-0.1, -0.05) is 31.1 Å². The van der Waals surface area contributed by atoms with Crippen LogP contribution < -0.4 is 4.87 Å². The maximum absolute atomic E-state index is 13.1. The van der Waals surface area contributed by atoms with Gasteiger partial charge in [-0.25, -0.2) is 0 Å². The number of aryl methyl sites for hydroxylation is 1. The van der Waals surface area contributed by atoms with Crippen LogP contribution in [0.2, 0.25) is 0 Å². The lowest BCUT2D eigenvalue weighted by atomic mass is 9.69. The third-order valence-corrected chi connectivity index (χ3v) is 5.92. The summed E-state index contributed by atoms with van der Waals surface area (Å²) in [5.41, 5.74) is 1.18. The maximum atomic E-state index is 13.1. The molecule has 140 valence electrons. The SMILES string of the molecule is CC#CCn1c(=O)sc2ccc(C(=O)C3C(=O)CC(C)(C)CC3=O)c(C)c21. The van der Waals surface area contributed by atoms with Crippen molar-refractivity contribution >= 4 is 38.9 Å². The first-order valence-electron chi connectivity index (χ1n) is 8.78. The minimum absolute atomic E-state index is 0.146. The lowest BCUT2D eigenvalue weighted by Gasteiger charge is -2.31. The third-order valence-electron chi connectivity index (χ3n) is 4.97. The highest BCUT2D eigenvalue weighted by Gasteiger charge is 2.44. The second kappa shape index (κ2) is 6.90. The first-order chi connectivity index (χ1) is 12.7. The summed E-state index contributed by atoms with van der Waals surface area (Å²) >= 11 is 1.09. The molecule has 1 aliphatic rings. The van der Waals surface area contributed by atoms with Crippen LogP contribution in [0.1, 0.15) is 49.5 Å². The molecule has 0 unspecified atom stereocenters. The van der Waals surface area contributed by atoms with Crippen LogP contribution >= 0.6 is 11.3 Å². The van der Waals surface area contributed by atoms with Gasteiger partial charge < -0.3 is 0 Å². The Labute approximate surface area is 161 Å². The van der Waals surface area contributed by atoms with Crippen molar-refractivity contribution in [1.29, 1.82) is 0 Å². The van der Waals surface area contributed by atoms with Crippen molar-refractivity contribution in [2.24, 2.45) is 11.3 Å². The van der Waals surface area contributed by atoms with E-state index in [1.807, 2.05) is 13.8 Å². The van der Waals surface area contributed by atoms with Gasteiger partial charge in [-0.3, -0.25) is 23.7 Å². The Balaban J connectivity index is 2.09. The predicted molar refractivity (Wildman–Crippen MR) is 105 cm³/mol. The van der Waals surface area contributed by atoms with Crippen LogP contribution in [-0.4, -0.2) is 21.9 Å². The topological polar surface area (TPSA) is 73.2 Å². The van der Waals surface area contributed by atoms with E-state index in [0.29, 0.717) is 16.6 Å². The zero-order valence-corrected chi connectivity index (χ0v) is 16.7. The van der Waals surface area contributed by atoms with Crippen molar-refractivity contribution in [1.82, 2.24) is 4.57 Å². The number of Topliss-reactive ketones (excluding diaryl/α,β-unsaturated/α-hetero) is 3. The molecule has 0 spiro atoms. The zero-order valence-electron chi connectivity index (χ0n) is 15.8. The molecule has 1 aromatic heterocycles. The summed E-state index contributed by atoms with van der Waals surface area (Å²) in [6.07, 6.45) is 0.428. The normalized spacial score (nSPS) is 17.0. The van der Waals surface area contributed by atoms with E-state index in [1.54, 1.807) is 26.0 Å². The van der Waals surface area contributed by atoms with Crippen molar-refractivity contribution in [2.75, 3.05) is 0 Å². The van der Waals surface area contributed by atoms with Gasteiger partial charge in [-0.15, -0.1) is 5.92 Å². The van der Waals surface area contributed by atoms with Gasteiger partial charge in [-0.2, -0.15) is 0 Å². The summed E-state index contributed by atoms with van der Waals surface area (Å²) in [6.45, 7) is 7.41. The highest BCUT2D eigenvalue weighted by atomic mass is 32.1. The van der Waals surface area contributed by atoms with Crippen molar-refractivity contribution in [3.05, 3.63) is 32.9 Å². The van der Waals surface area contributed by atoms with Crippen LogP contribution in [0.25, 0.3) is 10.2 Å². The van der Waals surface area contributed by atoms with Crippen LogP contribution in [0.4, 0.5) is 0 Å². The Hall–Kier alpha value is -2.52. The van der Waals surface area contributed by atoms with Gasteiger partial charge in [-0.05, 0) is 37.0 Å². The summed E-state index contributed by atoms with van der Waals surface area (Å²) in [5.74, 6) is 3.30. The number of carbonyl (C=O) groups is 3. The molecule has 0 radical (unpaired) electrons. The Morgan fingerprint density at radius 1 is 1.22 bits per heavy atom. The van der Waals surface area contributed by atoms with Gasteiger partial charge in [0.25, 0.3) is 0 Å². The second-order valence-corrected chi connectivity index (χ2v) is 8.71. The molecule has 5 nitrogen and oxygen atoms in total. The van der Waals surface area contributed by atoms with E-state index in [-0.39, 0.29) is 35.8 Å². The number of thiazole rings is 1. The maximum Gasteiger partial charge on any atom is 0.309 e. The molecule has 1 fully saturated rings. The van der Waals surface area contributed by atoms with E-state index in [4.69, 9.17) is 0 Å². The number of benzene rings is 1. The van der Waals surface area contributed by atoms with Crippen LogP contribution in [0, 0.1) is 30.1 Å². The van der Waals surface area contributed by atoms with E-state index in [1.165, 1.54) is 4.57 Å². The second-order valence-electron chi connectivity index (χ2n) is 7.71. The molecule has 1 heterocycles. The van der Waals surface area contributed by atoms with Crippen molar-refractivity contribution in [3.8, 4) is 11.8 Å². The Morgan fingerprint density at radius 2 is 1.85 bits per heavy atom. The summed E-state index contributed by atoms with van der Waals surface area (Å²) in [4.78, 5) is 50.2. The number of hydrogen-bond acceptors (Lipinski definition) is 5. The molecule has 0 N–H and O–H groups in total. The van der Waals surface area contributed by atoms with Gasteiger partial charge in [0, 0.05) is 18.4 Å². The minimum Gasteiger partial charge on any atom is -0.298 e. The first kappa shape index (κ1) is 19.2. The monoisotopic (exact) mass is 383 g/mol. The Kier molecular flexibility index (Phi) is 4.92. The highest BCUT2D eigenvalue weighted by Crippen LogP contribution is 2.36. The van der Waals surface area contributed by atoms with Crippen LogP contribution in [0.3, 0.4) is 0 Å². The summed E-state index contributed by atoms with van der Waals surface area (Å²) in [7, 11) is 0. The number of hydrogen-bond donors (Lipinski definition) is 0. The number of aromatic nitrogens is 1. The van der Waals surface area contributed by atoms with E-state index in [2.05, 4.69) is 11.8 Å². The molecule has 1 saturated carbocycles. The summed E-state index contributed by atoms with van der Waals surface area (Å²) < 4.78 is 2.30. The van der Waals surface area contributed by atoms with E-state index in [9.17, 15) is 19.2 Å². The number of rotatable bonds is 3. The van der Waals surface area contributed by atoms with Crippen LogP contribution in [0.15, 0.2) is 16.9 Å². The minimum atomic E-state index is -1.23. The first-order valence-corrected chi connectivity index (χ1v) is 9.60. The molecule has 0 aliphatic heterocycles. The number of carbonyl (C=O) groups excluding carboxylic acids is 3. The quantitative estimate of drug-likeness (QED) is 0.464. The van der Waals surface area contributed by atoms with E-state index < -0.39 is 17.1 Å². The summed E-state index contributed by atoms with van der Waals surface area (Å²) in [6, 6.07) is 3.32. The average molecular weight is 383 g/mol. The molecule has 2 aromatic rings. The molecule has 0 amide bonds. The van der Waals surface area contributed by atoms with Crippen LogP contribution in [-0.2, 0) is 16.1 Å². The van der Waals surface area contributed by atoms with Crippen molar-refractivity contribution in [2.45, 2.75) is 47.1 Å². The van der Waals surface area contributed by atoms with Gasteiger partial charge in [0.1, 0.15) is 5.92 Å². The molecule has 3 rings (SSSR count). The fourth-order valence-corrected chi connectivity index (χ4v) is 4.69. The Bertz CT molecular complexity index is 1070. The van der Waals surface area contributed by atoms with Gasteiger partial charge in [0.05, 0.1) is 16.8 Å². The number of nitrogens with zero attached hydrogens (tertiary/aromatic N) is 1. The lowest BCUT2D eigenvalue weighted by Crippen LogP contribution is -2.42. The fourth-order valence-electron chi connectivity index (χ4n) is 3.74. The molecule has 0 atom stereocenters. The molecule has 27 heavy (non-hydrogen) atoms. The standard InChI is InChI=1S/C21H21NO4S/c1-5-6-9-22-18-12(2)13(7-8-16(18)27-20(22)26)19(25)17-14(23)10-21(3,4)11-15(17)24/h7-8,17H,9-11H2,1-4H3. The highest BCUT2D eigenvalue weighted by molar-refractivity contribution is 7.16. The zero-order chi connectivity index (χ0) is 19.9. The Morgan fingerprint density at radius 3 is 2.44 bits per heavy atom. The molecule has 1 aliphatic carbocycles. The van der Waals surface area contributed by atoms with Crippen molar-refractivity contribution < 1.29 is 14.4 Å². The lowest BCUT2D eigenvalue weighted by molar-refractivity contribution is -0.137.